The van der Waals surface area contributed by atoms with Crippen molar-refractivity contribution in [1.29, 1.82) is 0 Å². The number of carbonyl (C=O) groups excluding carboxylic acids is 1. The molecule has 2 unspecified atom stereocenters. The summed E-state index contributed by atoms with van der Waals surface area (Å²) in [4.78, 5) is 23.3. The smallest absolute Gasteiger partial charge is 0.307 e. The number of benzene rings is 1. The molecule has 2 rings (SSSR count). The second kappa shape index (κ2) is 5.90. The van der Waals surface area contributed by atoms with Crippen molar-refractivity contribution in [3.8, 4) is 0 Å². The molecule has 1 fully saturated rings. The highest BCUT2D eigenvalue weighted by molar-refractivity contribution is 14.1. The Morgan fingerprint density at radius 2 is 2.00 bits per heavy atom. The number of nitrogens with one attached hydrogen (secondary N) is 1. The molecule has 0 radical (unpaired) electrons. The van der Waals surface area contributed by atoms with Crippen LogP contribution in [0.2, 0.25) is 0 Å². The number of carboxylic acids is 1. The maximum Gasteiger partial charge on any atom is 0.307 e. The molecule has 0 spiro atoms. The molecule has 2 atom stereocenters. The van der Waals surface area contributed by atoms with Crippen molar-refractivity contribution in [3.63, 3.8) is 0 Å². The molecule has 102 valence electrons. The lowest BCUT2D eigenvalue weighted by molar-refractivity contribution is -0.145. The number of carboxylic acid groups (broad SMARTS) is 1. The third-order valence-electron chi connectivity index (χ3n) is 3.62. The zero-order valence-electron chi connectivity index (χ0n) is 10.6. The topological polar surface area (TPSA) is 66.4 Å². The summed E-state index contributed by atoms with van der Waals surface area (Å²) in [6, 6.07) is 5.77. The van der Waals surface area contributed by atoms with Gasteiger partial charge in [-0.25, -0.2) is 0 Å². The molecule has 1 aromatic carbocycles. The van der Waals surface area contributed by atoms with E-state index in [1.54, 1.807) is 0 Å². The Hall–Kier alpha value is -1.11. The highest BCUT2D eigenvalue weighted by atomic mass is 127. The fourth-order valence-electron chi connectivity index (χ4n) is 2.56. The van der Waals surface area contributed by atoms with Gasteiger partial charge in [-0.1, -0.05) is 6.42 Å². The van der Waals surface area contributed by atoms with Crippen molar-refractivity contribution in [1.82, 2.24) is 0 Å². The first-order valence-electron chi connectivity index (χ1n) is 6.29. The summed E-state index contributed by atoms with van der Waals surface area (Å²) < 4.78 is 1.11. The van der Waals surface area contributed by atoms with E-state index in [4.69, 9.17) is 5.11 Å². The lowest BCUT2D eigenvalue weighted by atomic mass is 9.95. The number of amides is 1. The number of rotatable bonds is 3. The predicted molar refractivity (Wildman–Crippen MR) is 81.0 cm³/mol. The Bertz CT molecular complexity index is 515. The first-order chi connectivity index (χ1) is 8.99. The fraction of sp³-hybridized carbons (Fsp3) is 0.429. The van der Waals surface area contributed by atoms with Gasteiger partial charge in [-0.15, -0.1) is 0 Å². The van der Waals surface area contributed by atoms with Crippen molar-refractivity contribution in [2.24, 2.45) is 11.8 Å². The standard InChI is InChI=1S/C14H16INO3/c1-8-7-9(15)5-6-12(8)16-13(17)10-3-2-4-11(10)14(18)19/h5-7,10-11H,2-4H2,1H3,(H,16,17)(H,18,19). The van der Waals surface area contributed by atoms with Gasteiger partial charge in [0, 0.05) is 9.26 Å². The van der Waals surface area contributed by atoms with Gasteiger partial charge in [0.25, 0.3) is 0 Å². The number of aliphatic carboxylic acids is 1. The van der Waals surface area contributed by atoms with Crippen LogP contribution in [0.3, 0.4) is 0 Å². The minimum atomic E-state index is -0.864. The molecule has 0 saturated heterocycles. The van der Waals surface area contributed by atoms with Crippen LogP contribution in [0.4, 0.5) is 5.69 Å². The average Bonchev–Trinajstić information content (AvgIpc) is 2.82. The fourth-order valence-corrected chi connectivity index (χ4v) is 3.21. The minimum Gasteiger partial charge on any atom is -0.481 e. The van der Waals surface area contributed by atoms with E-state index in [0.717, 1.165) is 21.2 Å². The lowest BCUT2D eigenvalue weighted by Gasteiger charge is -2.16. The molecule has 5 heteroatoms. The van der Waals surface area contributed by atoms with E-state index in [2.05, 4.69) is 27.9 Å². The number of carbonyl (C=O) groups is 2. The predicted octanol–water partition coefficient (Wildman–Crippen LogP) is 3.04. The van der Waals surface area contributed by atoms with Gasteiger partial charge in [0.2, 0.25) is 5.91 Å². The van der Waals surface area contributed by atoms with E-state index >= 15 is 0 Å². The quantitative estimate of drug-likeness (QED) is 0.801. The molecule has 1 saturated carbocycles. The first-order valence-corrected chi connectivity index (χ1v) is 7.36. The number of hydrogen-bond donors (Lipinski definition) is 2. The summed E-state index contributed by atoms with van der Waals surface area (Å²) in [6.07, 6.45) is 2.06. The summed E-state index contributed by atoms with van der Waals surface area (Å²) in [6.45, 7) is 1.93. The number of hydrogen-bond acceptors (Lipinski definition) is 2. The maximum absolute atomic E-state index is 12.2. The average molecular weight is 373 g/mol. The van der Waals surface area contributed by atoms with Crippen molar-refractivity contribution in [2.45, 2.75) is 26.2 Å². The molecule has 1 aromatic rings. The van der Waals surface area contributed by atoms with Gasteiger partial charge in [-0.2, -0.15) is 0 Å². The second-order valence-corrected chi connectivity index (χ2v) is 6.18. The normalized spacial score (nSPS) is 22.2. The van der Waals surface area contributed by atoms with Gasteiger partial charge < -0.3 is 10.4 Å². The van der Waals surface area contributed by atoms with Crippen molar-refractivity contribution in [2.75, 3.05) is 5.32 Å². The second-order valence-electron chi connectivity index (χ2n) is 4.93. The number of anilines is 1. The molecule has 1 aliphatic rings. The van der Waals surface area contributed by atoms with Crippen molar-refractivity contribution in [3.05, 3.63) is 27.3 Å². The van der Waals surface area contributed by atoms with Gasteiger partial charge in [-0.3, -0.25) is 9.59 Å². The molecule has 2 N–H and O–H groups in total. The molecule has 1 amide bonds. The van der Waals surface area contributed by atoms with Crippen LogP contribution in [0.15, 0.2) is 18.2 Å². The van der Waals surface area contributed by atoms with Gasteiger partial charge >= 0.3 is 5.97 Å². The summed E-state index contributed by atoms with van der Waals surface area (Å²) in [5, 5.41) is 12.0. The van der Waals surface area contributed by atoms with Crippen LogP contribution < -0.4 is 5.32 Å². The lowest BCUT2D eigenvalue weighted by Crippen LogP contribution is -2.30. The largest absolute Gasteiger partial charge is 0.481 e. The Balaban J connectivity index is 2.10. The summed E-state index contributed by atoms with van der Waals surface area (Å²) in [5.41, 5.74) is 1.76. The molecule has 0 aliphatic heterocycles. The van der Waals surface area contributed by atoms with Crippen molar-refractivity contribution >= 4 is 40.2 Å². The van der Waals surface area contributed by atoms with Crippen LogP contribution in [0.25, 0.3) is 0 Å². The van der Waals surface area contributed by atoms with E-state index in [0.29, 0.717) is 12.8 Å². The Morgan fingerprint density at radius 3 is 2.63 bits per heavy atom. The van der Waals surface area contributed by atoms with Crippen LogP contribution >= 0.6 is 22.6 Å². The summed E-state index contributed by atoms with van der Waals surface area (Å²) in [7, 11) is 0. The molecular formula is C14H16INO3. The molecule has 1 aliphatic carbocycles. The van der Waals surface area contributed by atoms with Crippen LogP contribution in [0, 0.1) is 22.3 Å². The zero-order chi connectivity index (χ0) is 14.0. The monoisotopic (exact) mass is 373 g/mol. The summed E-state index contributed by atoms with van der Waals surface area (Å²) >= 11 is 2.22. The van der Waals surface area contributed by atoms with Gasteiger partial charge in [0.15, 0.2) is 0 Å². The maximum atomic E-state index is 12.2. The minimum absolute atomic E-state index is 0.172. The van der Waals surface area contributed by atoms with Crippen LogP contribution in [-0.4, -0.2) is 17.0 Å². The molecule has 19 heavy (non-hydrogen) atoms. The van der Waals surface area contributed by atoms with E-state index in [-0.39, 0.29) is 5.91 Å². The van der Waals surface area contributed by atoms with Crippen LogP contribution in [0.1, 0.15) is 24.8 Å². The third kappa shape index (κ3) is 3.26. The highest BCUT2D eigenvalue weighted by Crippen LogP contribution is 2.33. The van der Waals surface area contributed by atoms with E-state index in [1.165, 1.54) is 0 Å². The van der Waals surface area contributed by atoms with Crippen molar-refractivity contribution < 1.29 is 14.7 Å². The SMILES string of the molecule is Cc1cc(I)ccc1NC(=O)C1CCCC1C(=O)O. The molecule has 4 nitrogen and oxygen atoms in total. The highest BCUT2D eigenvalue weighted by Gasteiger charge is 2.37. The van der Waals surface area contributed by atoms with Crippen LogP contribution in [0.5, 0.6) is 0 Å². The number of halogens is 1. The van der Waals surface area contributed by atoms with E-state index in [1.807, 2.05) is 25.1 Å². The number of aryl methyl sites for hydroxylation is 1. The third-order valence-corrected chi connectivity index (χ3v) is 4.29. The molecule has 0 heterocycles. The van der Waals surface area contributed by atoms with E-state index < -0.39 is 17.8 Å². The molecule has 0 bridgehead atoms. The zero-order valence-corrected chi connectivity index (χ0v) is 12.8. The Labute approximate surface area is 125 Å². The first kappa shape index (κ1) is 14.3. The van der Waals surface area contributed by atoms with Gasteiger partial charge in [-0.05, 0) is 66.1 Å². The molecule has 0 aromatic heterocycles. The molecular weight excluding hydrogens is 357 g/mol. The Morgan fingerprint density at radius 1 is 1.32 bits per heavy atom. The Kier molecular flexibility index (Phi) is 4.44. The van der Waals surface area contributed by atoms with Crippen LogP contribution in [-0.2, 0) is 9.59 Å². The summed E-state index contributed by atoms with van der Waals surface area (Å²) in [5.74, 6) is -1.98. The van der Waals surface area contributed by atoms with E-state index in [9.17, 15) is 9.59 Å². The van der Waals surface area contributed by atoms with Gasteiger partial charge in [0.05, 0.1) is 11.8 Å². The van der Waals surface area contributed by atoms with Gasteiger partial charge in [0.1, 0.15) is 0 Å².